The standard InChI is InChI=1S/C52H89NO6/c1-7-8-9-10-11-12-13-14-15-16-17-18-19-20-21-25-49(55)59-43(37-53)38-57-48(54)30-31-50(56)58-42-32-34-51(5)41(36-42)26-27-44-46-29-28-45(40(4)24-22-23-39(2)3)52(46,6)35-33-47(44)51/h14-15,26,39-40,42-47H,7-13,16-25,27-38,53H2,1-6H3/b15-14-/t40-,42+,43-,44+,45-,46+,47+,51+,52-/m1/s1. The molecule has 0 aromatic heterocycles. The molecule has 3 saturated carbocycles. The van der Waals surface area contributed by atoms with Crippen molar-refractivity contribution in [2.24, 2.45) is 52.1 Å². The van der Waals surface area contributed by atoms with Gasteiger partial charge in [0.1, 0.15) is 18.8 Å². The van der Waals surface area contributed by atoms with E-state index >= 15 is 0 Å². The highest BCUT2D eigenvalue weighted by Gasteiger charge is 2.59. The Morgan fingerprint density at radius 1 is 0.763 bits per heavy atom. The Morgan fingerprint density at radius 2 is 1.44 bits per heavy atom. The lowest BCUT2D eigenvalue weighted by molar-refractivity contribution is -0.160. The van der Waals surface area contributed by atoms with Gasteiger partial charge in [-0.2, -0.15) is 0 Å². The van der Waals surface area contributed by atoms with Crippen LogP contribution < -0.4 is 5.73 Å². The molecule has 0 unspecified atom stereocenters. The van der Waals surface area contributed by atoms with E-state index in [0.717, 1.165) is 80.5 Å². The molecule has 0 spiro atoms. The van der Waals surface area contributed by atoms with E-state index in [0.29, 0.717) is 11.8 Å². The highest BCUT2D eigenvalue weighted by molar-refractivity contribution is 5.77. The molecule has 338 valence electrons. The van der Waals surface area contributed by atoms with Crippen LogP contribution in [0.5, 0.6) is 0 Å². The van der Waals surface area contributed by atoms with Crippen molar-refractivity contribution in [2.45, 2.75) is 227 Å². The van der Waals surface area contributed by atoms with Gasteiger partial charge in [-0.1, -0.05) is 136 Å². The molecular formula is C52H89NO6. The number of carbonyl (C=O) groups is 3. The first kappa shape index (κ1) is 49.5. The number of rotatable bonds is 28. The molecule has 7 nitrogen and oxygen atoms in total. The maximum atomic E-state index is 12.9. The largest absolute Gasteiger partial charge is 0.462 e. The molecule has 0 aromatic rings. The monoisotopic (exact) mass is 824 g/mol. The van der Waals surface area contributed by atoms with E-state index in [9.17, 15) is 14.4 Å². The molecule has 4 aliphatic rings. The van der Waals surface area contributed by atoms with Crippen molar-refractivity contribution in [3.63, 3.8) is 0 Å². The predicted molar refractivity (Wildman–Crippen MR) is 242 cm³/mol. The Balaban J connectivity index is 1.07. The third-order valence-electron chi connectivity index (χ3n) is 15.7. The normalized spacial score (nSPS) is 28.7. The van der Waals surface area contributed by atoms with Crippen molar-refractivity contribution in [3.8, 4) is 0 Å². The Hall–Kier alpha value is -2.15. The zero-order valence-electron chi connectivity index (χ0n) is 38.9. The van der Waals surface area contributed by atoms with Crippen LogP contribution in [0.4, 0.5) is 0 Å². The van der Waals surface area contributed by atoms with Crippen molar-refractivity contribution in [2.75, 3.05) is 13.2 Å². The van der Waals surface area contributed by atoms with Gasteiger partial charge in [0, 0.05) is 19.4 Å². The number of hydrogen-bond acceptors (Lipinski definition) is 7. The van der Waals surface area contributed by atoms with Crippen LogP contribution in [-0.4, -0.2) is 43.3 Å². The minimum Gasteiger partial charge on any atom is -0.462 e. The lowest BCUT2D eigenvalue weighted by Gasteiger charge is -2.58. The molecule has 0 radical (unpaired) electrons. The summed E-state index contributed by atoms with van der Waals surface area (Å²) in [6, 6.07) is 0. The van der Waals surface area contributed by atoms with Crippen LogP contribution in [0.15, 0.2) is 23.8 Å². The third kappa shape index (κ3) is 15.3. The van der Waals surface area contributed by atoms with Gasteiger partial charge in [-0.25, -0.2) is 0 Å². The van der Waals surface area contributed by atoms with Gasteiger partial charge in [-0.05, 0) is 123 Å². The molecule has 2 N–H and O–H groups in total. The number of nitrogens with two attached hydrogens (primary N) is 1. The van der Waals surface area contributed by atoms with Crippen molar-refractivity contribution in [1.82, 2.24) is 0 Å². The van der Waals surface area contributed by atoms with E-state index in [1.54, 1.807) is 0 Å². The minimum atomic E-state index is -0.683. The average molecular weight is 824 g/mol. The van der Waals surface area contributed by atoms with Gasteiger partial charge in [0.25, 0.3) is 0 Å². The van der Waals surface area contributed by atoms with Crippen molar-refractivity contribution < 1.29 is 28.6 Å². The van der Waals surface area contributed by atoms with E-state index in [4.69, 9.17) is 19.9 Å². The van der Waals surface area contributed by atoms with E-state index in [1.165, 1.54) is 115 Å². The fourth-order valence-electron chi connectivity index (χ4n) is 12.2. The van der Waals surface area contributed by atoms with Crippen LogP contribution in [0, 0.1) is 46.3 Å². The van der Waals surface area contributed by atoms with E-state index < -0.39 is 12.1 Å². The number of carbonyl (C=O) groups excluding carboxylic acids is 3. The molecule has 0 aliphatic heterocycles. The summed E-state index contributed by atoms with van der Waals surface area (Å²) < 4.78 is 16.8. The molecule has 0 saturated heterocycles. The molecule has 0 heterocycles. The first-order valence-electron chi connectivity index (χ1n) is 25.0. The van der Waals surface area contributed by atoms with Crippen LogP contribution in [0.3, 0.4) is 0 Å². The van der Waals surface area contributed by atoms with Crippen LogP contribution in [0.25, 0.3) is 0 Å². The molecule has 0 amide bonds. The van der Waals surface area contributed by atoms with E-state index in [1.807, 2.05) is 0 Å². The van der Waals surface area contributed by atoms with Gasteiger partial charge < -0.3 is 19.9 Å². The first-order valence-corrected chi connectivity index (χ1v) is 25.0. The molecule has 9 atom stereocenters. The summed E-state index contributed by atoms with van der Waals surface area (Å²) in [7, 11) is 0. The Kier molecular flexibility index (Phi) is 21.6. The quantitative estimate of drug-likeness (QED) is 0.0362. The summed E-state index contributed by atoms with van der Waals surface area (Å²) in [5.41, 5.74) is 8.01. The van der Waals surface area contributed by atoms with Gasteiger partial charge in [-0.3, -0.25) is 14.4 Å². The van der Waals surface area contributed by atoms with Crippen molar-refractivity contribution >= 4 is 17.9 Å². The maximum Gasteiger partial charge on any atom is 0.306 e. The van der Waals surface area contributed by atoms with Gasteiger partial charge in [0.2, 0.25) is 0 Å². The Bertz CT molecular complexity index is 1320. The maximum absolute atomic E-state index is 12.9. The molecule has 59 heavy (non-hydrogen) atoms. The summed E-state index contributed by atoms with van der Waals surface area (Å²) in [4.78, 5) is 37.9. The van der Waals surface area contributed by atoms with Gasteiger partial charge in [0.05, 0.1) is 12.8 Å². The van der Waals surface area contributed by atoms with Crippen molar-refractivity contribution in [3.05, 3.63) is 23.8 Å². The zero-order chi connectivity index (χ0) is 42.7. The van der Waals surface area contributed by atoms with Crippen LogP contribution in [0.1, 0.15) is 215 Å². The Labute approximate surface area is 361 Å². The second-order valence-corrected chi connectivity index (χ2v) is 20.5. The summed E-state index contributed by atoms with van der Waals surface area (Å²) >= 11 is 0. The summed E-state index contributed by atoms with van der Waals surface area (Å²) in [5.74, 6) is 3.66. The zero-order valence-corrected chi connectivity index (χ0v) is 38.9. The smallest absolute Gasteiger partial charge is 0.306 e. The predicted octanol–water partition coefficient (Wildman–Crippen LogP) is 13.2. The average Bonchev–Trinajstić information content (AvgIpc) is 3.57. The molecular weight excluding hydrogens is 735 g/mol. The highest BCUT2D eigenvalue weighted by Crippen LogP contribution is 2.67. The molecule has 4 rings (SSSR count). The topological polar surface area (TPSA) is 105 Å². The number of unbranched alkanes of at least 4 members (excludes halogenated alkanes) is 11. The SMILES string of the molecule is CCCCCCCC/C=C\CCCCCCCC(=O)O[C@H](CN)COC(=O)CCC(=O)O[C@H]1CC[C@@]2(C)C(=CC[C@H]3[C@@H]4CC[C@H]([C@H](C)CCCC(C)C)[C@@]4(C)CC[C@@H]32)C1. The fourth-order valence-corrected chi connectivity index (χ4v) is 12.2. The molecule has 0 aromatic carbocycles. The molecule has 0 bridgehead atoms. The fraction of sp³-hybridized carbons (Fsp3) is 0.865. The van der Waals surface area contributed by atoms with Crippen molar-refractivity contribution in [1.29, 1.82) is 0 Å². The number of ether oxygens (including phenoxy) is 3. The number of allylic oxidation sites excluding steroid dienone is 3. The second-order valence-electron chi connectivity index (χ2n) is 20.5. The summed E-state index contributed by atoms with van der Waals surface area (Å²) in [6.45, 7) is 14.7. The van der Waals surface area contributed by atoms with Crippen LogP contribution >= 0.6 is 0 Å². The van der Waals surface area contributed by atoms with E-state index in [2.05, 4.69) is 59.8 Å². The second kappa shape index (κ2) is 25.7. The van der Waals surface area contributed by atoms with Gasteiger partial charge >= 0.3 is 17.9 Å². The number of fused-ring (bicyclic) bond motifs is 5. The highest BCUT2D eigenvalue weighted by atomic mass is 16.6. The third-order valence-corrected chi connectivity index (χ3v) is 15.7. The van der Waals surface area contributed by atoms with Gasteiger partial charge in [0.15, 0.2) is 0 Å². The summed E-state index contributed by atoms with van der Waals surface area (Å²) in [5, 5.41) is 0. The van der Waals surface area contributed by atoms with E-state index in [-0.39, 0.29) is 49.5 Å². The van der Waals surface area contributed by atoms with Gasteiger partial charge in [-0.15, -0.1) is 0 Å². The molecule has 7 heteroatoms. The Morgan fingerprint density at radius 3 is 2.14 bits per heavy atom. The molecule has 3 fully saturated rings. The number of hydrogen-bond donors (Lipinski definition) is 1. The first-order chi connectivity index (χ1) is 28.4. The lowest BCUT2D eigenvalue weighted by atomic mass is 9.47. The molecule has 4 aliphatic carbocycles. The number of esters is 3. The van der Waals surface area contributed by atoms with Crippen LogP contribution in [0.2, 0.25) is 0 Å². The summed E-state index contributed by atoms with van der Waals surface area (Å²) in [6.07, 6.45) is 35.8. The lowest BCUT2D eigenvalue weighted by Crippen LogP contribution is -2.51. The van der Waals surface area contributed by atoms with Crippen LogP contribution in [-0.2, 0) is 28.6 Å². The minimum absolute atomic E-state index is 0.0176.